The van der Waals surface area contributed by atoms with Crippen molar-refractivity contribution in [2.45, 2.75) is 25.7 Å². The van der Waals surface area contributed by atoms with Crippen molar-refractivity contribution in [3.8, 4) is 22.6 Å². The average Bonchev–Trinajstić information content (AvgIpc) is 3.15. The first-order valence-electron chi connectivity index (χ1n) is 10.4. The molecule has 7 heteroatoms. The molecule has 162 valence electrons. The zero-order chi connectivity index (χ0) is 22.4. The minimum Gasteiger partial charge on any atom is -0.493 e. The summed E-state index contributed by atoms with van der Waals surface area (Å²) in [6.45, 7) is 1.96. The molecule has 0 fully saturated rings. The Morgan fingerprint density at radius 1 is 1.03 bits per heavy atom. The second-order valence-corrected chi connectivity index (χ2v) is 8.40. The van der Waals surface area contributed by atoms with Gasteiger partial charge >= 0.3 is 0 Å². The lowest BCUT2D eigenvalue weighted by Crippen LogP contribution is -2.22. The van der Waals surface area contributed by atoms with E-state index in [1.54, 1.807) is 20.4 Å². The number of methoxy groups -OCH3 is 2. The number of ether oxygens (including phenoxy) is 2. The maximum absolute atomic E-state index is 13.0. The fraction of sp³-hybridized carbons (Fsp3) is 0.240. The summed E-state index contributed by atoms with van der Waals surface area (Å²) in [6.07, 6.45) is 2.79. The van der Waals surface area contributed by atoms with E-state index in [-0.39, 0.29) is 11.7 Å². The molecule has 6 nitrogen and oxygen atoms in total. The normalized spacial score (nSPS) is 15.6. The molecule has 1 aliphatic carbocycles. The highest BCUT2D eigenvalue weighted by atomic mass is 35.5. The number of hydrogen-bond acceptors (Lipinski definition) is 5. The molecule has 4 aromatic rings. The number of carbonyl (C=O) groups is 1. The number of Topliss-reactive ketones (excluding diaryl/α,β-unsaturated/α-hetero) is 1. The van der Waals surface area contributed by atoms with Crippen LogP contribution in [0.5, 0.6) is 11.5 Å². The Balaban J connectivity index is 1.61. The summed E-state index contributed by atoms with van der Waals surface area (Å²) in [7, 11) is 3.23. The molecule has 0 amide bonds. The Hall–Kier alpha value is -3.38. The number of aromatic nitrogens is 3. The van der Waals surface area contributed by atoms with Gasteiger partial charge in [0, 0.05) is 23.2 Å². The summed E-state index contributed by atoms with van der Waals surface area (Å²) in [6, 6.07) is 13.5. The van der Waals surface area contributed by atoms with Crippen molar-refractivity contribution >= 4 is 23.0 Å². The molecule has 0 N–H and O–H groups in total. The number of fused-ring (bicyclic) bond motifs is 3. The van der Waals surface area contributed by atoms with Crippen LogP contribution in [0.15, 0.2) is 48.7 Å². The van der Waals surface area contributed by atoms with Crippen molar-refractivity contribution in [3.05, 3.63) is 76.2 Å². The van der Waals surface area contributed by atoms with E-state index in [1.807, 2.05) is 53.9 Å². The third-order valence-electron chi connectivity index (χ3n) is 6.10. The molecule has 0 saturated heterocycles. The van der Waals surface area contributed by atoms with Crippen molar-refractivity contribution in [2.24, 2.45) is 0 Å². The van der Waals surface area contributed by atoms with Crippen LogP contribution in [-0.4, -0.2) is 34.6 Å². The zero-order valence-electron chi connectivity index (χ0n) is 18.1. The summed E-state index contributed by atoms with van der Waals surface area (Å²) >= 11 is 6.07. The van der Waals surface area contributed by atoms with Gasteiger partial charge in [0.25, 0.3) is 0 Å². The van der Waals surface area contributed by atoms with Crippen molar-refractivity contribution in [3.63, 3.8) is 0 Å². The number of aryl methyl sites for hydroxylation is 1. The Morgan fingerprint density at radius 2 is 1.78 bits per heavy atom. The summed E-state index contributed by atoms with van der Waals surface area (Å²) in [5.74, 6) is 1.41. The van der Waals surface area contributed by atoms with E-state index >= 15 is 0 Å². The molecule has 1 atom stereocenters. The minimum atomic E-state index is 0.0175. The van der Waals surface area contributed by atoms with Gasteiger partial charge in [0.05, 0.1) is 31.2 Å². The zero-order valence-corrected chi connectivity index (χ0v) is 18.8. The molecule has 2 aromatic carbocycles. The van der Waals surface area contributed by atoms with Crippen LogP contribution < -0.4 is 9.47 Å². The highest BCUT2D eigenvalue weighted by Crippen LogP contribution is 2.38. The van der Waals surface area contributed by atoms with E-state index in [2.05, 4.69) is 4.98 Å². The van der Waals surface area contributed by atoms with Crippen LogP contribution in [0.4, 0.5) is 0 Å². The topological polar surface area (TPSA) is 65.7 Å². The average molecular weight is 448 g/mol. The van der Waals surface area contributed by atoms with Crippen LogP contribution >= 0.6 is 11.6 Å². The molecular formula is C25H22ClN3O3. The van der Waals surface area contributed by atoms with Crippen molar-refractivity contribution in [1.29, 1.82) is 0 Å². The molecule has 0 bridgehead atoms. The van der Waals surface area contributed by atoms with Gasteiger partial charge in [0.2, 0.25) is 0 Å². The maximum Gasteiger partial charge on any atom is 0.166 e. The van der Waals surface area contributed by atoms with Crippen LogP contribution in [0.1, 0.15) is 39.6 Å². The monoisotopic (exact) mass is 447 g/mol. The molecule has 0 unspecified atom stereocenters. The molecular weight excluding hydrogens is 426 g/mol. The summed E-state index contributed by atoms with van der Waals surface area (Å²) < 4.78 is 12.7. The van der Waals surface area contributed by atoms with Crippen molar-refractivity contribution in [2.75, 3.05) is 14.2 Å². The molecule has 1 aliphatic rings. The minimum absolute atomic E-state index is 0.0175. The van der Waals surface area contributed by atoms with Crippen molar-refractivity contribution < 1.29 is 14.3 Å². The first-order chi connectivity index (χ1) is 15.5. The SMILES string of the molecule is COc1ccc([C@@H]2CC(=O)c3cnc4c(-c5ccc(Cl)cc5)c(C)nn4c3C2)cc1OC. The van der Waals surface area contributed by atoms with Gasteiger partial charge in [-0.3, -0.25) is 4.79 Å². The smallest absolute Gasteiger partial charge is 0.166 e. The first kappa shape index (κ1) is 20.5. The largest absolute Gasteiger partial charge is 0.493 e. The standard InChI is InChI=1S/C25H22ClN3O3/c1-14-24(15-4-7-18(26)8-5-15)25-27-13-19-20(29(25)28-14)10-17(11-21(19)30)16-6-9-22(31-2)23(12-16)32-3/h4-9,12-13,17H,10-11H2,1-3H3/t17-/m0/s1. The summed E-state index contributed by atoms with van der Waals surface area (Å²) in [5, 5.41) is 5.45. The van der Waals surface area contributed by atoms with Gasteiger partial charge in [0.1, 0.15) is 0 Å². The fourth-order valence-electron chi connectivity index (χ4n) is 4.50. The van der Waals surface area contributed by atoms with E-state index in [4.69, 9.17) is 26.2 Å². The molecule has 32 heavy (non-hydrogen) atoms. The molecule has 2 aromatic heterocycles. The lowest BCUT2D eigenvalue weighted by molar-refractivity contribution is 0.0962. The predicted octanol–water partition coefficient (Wildman–Crippen LogP) is 5.29. The third-order valence-corrected chi connectivity index (χ3v) is 6.35. The van der Waals surface area contributed by atoms with E-state index < -0.39 is 0 Å². The lowest BCUT2D eigenvalue weighted by Gasteiger charge is -2.24. The molecule has 0 radical (unpaired) electrons. The second kappa shape index (κ2) is 7.95. The van der Waals surface area contributed by atoms with Crippen molar-refractivity contribution in [1.82, 2.24) is 14.6 Å². The second-order valence-electron chi connectivity index (χ2n) is 7.96. The fourth-order valence-corrected chi connectivity index (χ4v) is 4.63. The summed E-state index contributed by atoms with van der Waals surface area (Å²) in [4.78, 5) is 17.7. The molecule has 0 aliphatic heterocycles. The van der Waals surface area contributed by atoms with Crippen LogP contribution in [0.25, 0.3) is 16.8 Å². The van der Waals surface area contributed by atoms with E-state index in [9.17, 15) is 4.79 Å². The number of carbonyl (C=O) groups excluding carboxylic acids is 1. The lowest BCUT2D eigenvalue weighted by atomic mass is 9.82. The Kier molecular flexibility index (Phi) is 5.10. The van der Waals surface area contributed by atoms with E-state index in [0.29, 0.717) is 34.9 Å². The maximum atomic E-state index is 13.0. The van der Waals surface area contributed by atoms with Crippen LogP contribution in [0, 0.1) is 6.92 Å². The van der Waals surface area contributed by atoms with E-state index in [1.165, 1.54) is 0 Å². The Bertz CT molecular complexity index is 1350. The Morgan fingerprint density at radius 3 is 2.50 bits per heavy atom. The quantitative estimate of drug-likeness (QED) is 0.425. The van der Waals surface area contributed by atoms with Gasteiger partial charge in [-0.2, -0.15) is 5.10 Å². The van der Waals surface area contributed by atoms with Gasteiger partial charge in [-0.25, -0.2) is 9.50 Å². The van der Waals surface area contributed by atoms with Gasteiger partial charge < -0.3 is 9.47 Å². The highest BCUT2D eigenvalue weighted by molar-refractivity contribution is 6.30. The van der Waals surface area contributed by atoms with Gasteiger partial charge in [-0.1, -0.05) is 29.8 Å². The number of nitrogens with zero attached hydrogens (tertiary/aromatic N) is 3. The number of ketones is 1. The predicted molar refractivity (Wildman–Crippen MR) is 123 cm³/mol. The number of halogens is 1. The number of hydrogen-bond donors (Lipinski definition) is 0. The molecule has 2 heterocycles. The van der Waals surface area contributed by atoms with Crippen LogP contribution in [0.3, 0.4) is 0 Å². The number of rotatable bonds is 4. The summed E-state index contributed by atoms with van der Waals surface area (Å²) in [5.41, 5.74) is 6.10. The first-order valence-corrected chi connectivity index (χ1v) is 10.8. The third kappa shape index (κ3) is 3.31. The van der Waals surface area contributed by atoms with Gasteiger partial charge in [0.15, 0.2) is 22.9 Å². The van der Waals surface area contributed by atoms with Gasteiger partial charge in [-0.15, -0.1) is 0 Å². The molecule has 0 spiro atoms. The highest BCUT2D eigenvalue weighted by Gasteiger charge is 2.30. The van der Waals surface area contributed by atoms with E-state index in [0.717, 1.165) is 33.7 Å². The van der Waals surface area contributed by atoms with Crippen LogP contribution in [-0.2, 0) is 6.42 Å². The molecule has 0 saturated carbocycles. The van der Waals surface area contributed by atoms with Crippen LogP contribution in [0.2, 0.25) is 5.02 Å². The number of benzene rings is 2. The Labute approximate surface area is 190 Å². The van der Waals surface area contributed by atoms with Gasteiger partial charge in [-0.05, 0) is 54.7 Å². The molecule has 5 rings (SSSR count).